The molecule has 1 aromatic heterocycles. The Kier molecular flexibility index (Phi) is 6.99. The summed E-state index contributed by atoms with van der Waals surface area (Å²) in [7, 11) is 1.73. The molecule has 0 unspecified atom stereocenters. The second-order valence-corrected chi connectivity index (χ2v) is 9.79. The van der Waals surface area contributed by atoms with Crippen molar-refractivity contribution in [3.63, 3.8) is 0 Å². The van der Waals surface area contributed by atoms with Gasteiger partial charge in [0.25, 0.3) is 5.91 Å². The fourth-order valence-corrected chi connectivity index (χ4v) is 5.10. The van der Waals surface area contributed by atoms with Crippen LogP contribution in [0.5, 0.6) is 0 Å². The Balaban J connectivity index is 1.43. The maximum atomic E-state index is 13.8. The molecule has 1 aromatic rings. The molecular weight excluding hydrogens is 434 g/mol. The molecule has 4 rings (SSSR count). The molecule has 3 aliphatic heterocycles. The Labute approximate surface area is 201 Å². The molecule has 0 saturated carbocycles. The van der Waals surface area contributed by atoms with Crippen molar-refractivity contribution in [1.82, 2.24) is 30.0 Å². The number of amides is 3. The third-order valence-corrected chi connectivity index (χ3v) is 7.19. The molecule has 34 heavy (non-hydrogen) atoms. The van der Waals surface area contributed by atoms with Gasteiger partial charge in [-0.25, -0.2) is 9.78 Å². The van der Waals surface area contributed by atoms with Gasteiger partial charge in [-0.2, -0.15) is 0 Å². The number of aliphatic imine (C=N–C) groups is 1. The summed E-state index contributed by atoms with van der Waals surface area (Å²) in [6, 6.07) is 0.433. The first kappa shape index (κ1) is 24.3. The monoisotopic (exact) mass is 469 g/mol. The van der Waals surface area contributed by atoms with Crippen molar-refractivity contribution in [1.29, 1.82) is 0 Å². The predicted molar refractivity (Wildman–Crippen MR) is 129 cm³/mol. The predicted octanol–water partition coefficient (Wildman–Crippen LogP) is 1.56. The fraction of sp³-hybridized carbons (Fsp3) is 0.625. The Morgan fingerprint density at radius 2 is 2.00 bits per heavy atom. The number of rotatable bonds is 5. The zero-order chi connectivity index (χ0) is 24.5. The molecule has 1 N–H and O–H groups in total. The molecule has 0 radical (unpaired) electrons. The van der Waals surface area contributed by atoms with Gasteiger partial charge in [0.15, 0.2) is 0 Å². The minimum Gasteiger partial charge on any atom is -0.385 e. The summed E-state index contributed by atoms with van der Waals surface area (Å²) in [5.74, 6) is 0.175. The number of nitrogens with zero attached hydrogens (tertiary/aromatic N) is 6. The zero-order valence-electron chi connectivity index (χ0n) is 20.7. The van der Waals surface area contributed by atoms with E-state index in [1.54, 1.807) is 7.11 Å². The van der Waals surface area contributed by atoms with Crippen LogP contribution in [-0.2, 0) is 4.74 Å². The van der Waals surface area contributed by atoms with Crippen LogP contribution in [0.4, 0.5) is 4.79 Å². The normalized spacial score (nSPS) is 24.3. The molecule has 2 atom stereocenters. The van der Waals surface area contributed by atoms with E-state index in [0.29, 0.717) is 25.5 Å². The molecule has 10 nitrogen and oxygen atoms in total. The molecule has 4 heterocycles. The number of urea groups is 1. The van der Waals surface area contributed by atoms with Crippen LogP contribution in [0.2, 0.25) is 0 Å². The summed E-state index contributed by atoms with van der Waals surface area (Å²) in [5.41, 5.74) is 1.76. The maximum Gasteiger partial charge on any atom is 0.321 e. The minimum atomic E-state index is -0.479. The number of amidine groups is 1. The topological polar surface area (TPSA) is 103 Å². The zero-order valence-corrected chi connectivity index (χ0v) is 20.7. The van der Waals surface area contributed by atoms with Crippen LogP contribution in [0.3, 0.4) is 0 Å². The van der Waals surface area contributed by atoms with Crippen LogP contribution >= 0.6 is 0 Å². The van der Waals surface area contributed by atoms with Gasteiger partial charge in [0, 0.05) is 63.4 Å². The van der Waals surface area contributed by atoms with E-state index in [9.17, 15) is 9.59 Å². The van der Waals surface area contributed by atoms with Crippen LogP contribution in [0.1, 0.15) is 44.6 Å². The lowest BCUT2D eigenvalue weighted by Crippen LogP contribution is -2.62. The van der Waals surface area contributed by atoms with Crippen molar-refractivity contribution < 1.29 is 14.3 Å². The van der Waals surface area contributed by atoms with Crippen LogP contribution in [0, 0.1) is 0 Å². The van der Waals surface area contributed by atoms with E-state index in [1.807, 2.05) is 9.80 Å². The summed E-state index contributed by atoms with van der Waals surface area (Å²) >= 11 is 0. The average Bonchev–Trinajstić information content (AvgIpc) is 3.34. The summed E-state index contributed by atoms with van der Waals surface area (Å²) < 4.78 is 5.19. The van der Waals surface area contributed by atoms with Crippen molar-refractivity contribution in [3.05, 3.63) is 35.4 Å². The second-order valence-electron chi connectivity index (χ2n) is 9.79. The number of aromatic nitrogens is 2. The molecule has 0 aliphatic carbocycles. The lowest BCUT2D eigenvalue weighted by molar-refractivity contribution is 0.0384. The van der Waals surface area contributed by atoms with E-state index in [2.05, 4.69) is 52.9 Å². The lowest BCUT2D eigenvalue weighted by Gasteiger charge is -2.47. The molecular formula is C24H35N7O3. The van der Waals surface area contributed by atoms with E-state index in [-0.39, 0.29) is 29.7 Å². The number of hydrogen-bond donors (Lipinski definition) is 1. The first-order valence-electron chi connectivity index (χ1n) is 11.9. The Morgan fingerprint density at radius 3 is 2.71 bits per heavy atom. The quantitative estimate of drug-likeness (QED) is 0.657. The van der Waals surface area contributed by atoms with Gasteiger partial charge >= 0.3 is 6.03 Å². The molecule has 3 aliphatic rings. The Hall–Kier alpha value is -2.85. The highest BCUT2D eigenvalue weighted by Gasteiger charge is 2.48. The molecule has 10 heteroatoms. The highest BCUT2D eigenvalue weighted by atomic mass is 16.5. The smallest absolute Gasteiger partial charge is 0.321 e. The summed E-state index contributed by atoms with van der Waals surface area (Å²) in [6.07, 6.45) is 5.41. The second kappa shape index (κ2) is 9.79. The molecule has 0 bridgehead atoms. The number of carbonyl (C=O) groups excluding carboxylic acids is 2. The molecule has 0 spiro atoms. The van der Waals surface area contributed by atoms with E-state index in [4.69, 9.17) is 4.74 Å². The minimum absolute atomic E-state index is 0.0369. The Morgan fingerprint density at radius 1 is 1.21 bits per heavy atom. The third kappa shape index (κ3) is 4.56. The molecule has 1 saturated heterocycles. The lowest BCUT2D eigenvalue weighted by atomic mass is 9.94. The summed E-state index contributed by atoms with van der Waals surface area (Å²) in [4.78, 5) is 45.3. The van der Waals surface area contributed by atoms with Crippen LogP contribution in [-0.4, -0.2) is 107 Å². The SMILES string of the molecule is COCCCN1C[C@H](C)N(C(=O)N2CC3=C(CN=C3NC(=O)c3cnccn3)C2(C)C)C[C@H]1C. The molecule has 3 amide bonds. The van der Waals surface area contributed by atoms with Gasteiger partial charge in [0.1, 0.15) is 11.5 Å². The Bertz CT molecular complexity index is 992. The van der Waals surface area contributed by atoms with Crippen molar-refractivity contribution >= 4 is 17.8 Å². The highest BCUT2D eigenvalue weighted by molar-refractivity contribution is 6.14. The third-order valence-electron chi connectivity index (χ3n) is 7.19. The molecule has 1 fully saturated rings. The summed E-state index contributed by atoms with van der Waals surface area (Å²) in [5, 5.41) is 2.87. The number of carbonyl (C=O) groups is 2. The number of hydrogen-bond acceptors (Lipinski definition) is 7. The van der Waals surface area contributed by atoms with Gasteiger partial charge in [-0.15, -0.1) is 0 Å². The molecule has 0 aromatic carbocycles. The van der Waals surface area contributed by atoms with Gasteiger partial charge in [-0.3, -0.25) is 19.7 Å². The number of nitrogens with one attached hydrogen (secondary N) is 1. The standard InChI is InChI=1S/C24H35N7O3/c1-16-14-30(17(2)13-29(16)9-6-10-34-5)23(33)31-15-18-19(24(31,3)4)11-27-21(18)28-22(32)20-12-25-7-8-26-20/h7-8,12,16-17H,6,9-11,13-15H2,1-5H3,(H,27,28,32)/t16-,17+/m1/s1. The van der Waals surface area contributed by atoms with Crippen LogP contribution in [0.25, 0.3) is 0 Å². The number of piperazine rings is 1. The van der Waals surface area contributed by atoms with Crippen molar-refractivity contribution in [2.45, 2.75) is 51.7 Å². The van der Waals surface area contributed by atoms with E-state index >= 15 is 0 Å². The van der Waals surface area contributed by atoms with Gasteiger partial charge in [0.05, 0.1) is 24.8 Å². The van der Waals surface area contributed by atoms with Gasteiger partial charge in [0.2, 0.25) is 0 Å². The number of methoxy groups -OCH3 is 1. The maximum absolute atomic E-state index is 13.8. The highest BCUT2D eigenvalue weighted by Crippen LogP contribution is 2.39. The first-order chi connectivity index (χ1) is 16.2. The van der Waals surface area contributed by atoms with Gasteiger partial charge in [-0.05, 0) is 39.7 Å². The van der Waals surface area contributed by atoms with Crippen LogP contribution < -0.4 is 5.32 Å². The van der Waals surface area contributed by atoms with Gasteiger partial charge < -0.3 is 19.9 Å². The van der Waals surface area contributed by atoms with E-state index < -0.39 is 5.54 Å². The van der Waals surface area contributed by atoms with Crippen LogP contribution in [0.15, 0.2) is 34.7 Å². The largest absolute Gasteiger partial charge is 0.385 e. The summed E-state index contributed by atoms with van der Waals surface area (Å²) in [6.45, 7) is 12.6. The van der Waals surface area contributed by atoms with Crippen molar-refractivity contribution in [3.8, 4) is 0 Å². The van der Waals surface area contributed by atoms with E-state index in [0.717, 1.165) is 37.3 Å². The molecule has 184 valence electrons. The van der Waals surface area contributed by atoms with Gasteiger partial charge in [-0.1, -0.05) is 0 Å². The first-order valence-corrected chi connectivity index (χ1v) is 11.9. The number of ether oxygens (including phenoxy) is 1. The average molecular weight is 470 g/mol. The van der Waals surface area contributed by atoms with Crippen molar-refractivity contribution in [2.75, 3.05) is 46.4 Å². The fourth-order valence-electron chi connectivity index (χ4n) is 5.10. The van der Waals surface area contributed by atoms with E-state index in [1.165, 1.54) is 18.6 Å². The van der Waals surface area contributed by atoms with Crippen molar-refractivity contribution in [2.24, 2.45) is 4.99 Å².